The number of nitrogens with one attached hydrogen (secondary N) is 1. The first kappa shape index (κ1) is 15.3. The molecule has 0 bridgehead atoms. The zero-order chi connectivity index (χ0) is 13.5. The van der Waals surface area contributed by atoms with E-state index in [1.807, 2.05) is 0 Å². The maximum Gasteiger partial charge on any atom is 0.0221 e. The Kier molecular flexibility index (Phi) is 6.44. The molecule has 1 unspecified atom stereocenters. The van der Waals surface area contributed by atoms with Crippen LogP contribution in [0.5, 0.6) is 0 Å². The van der Waals surface area contributed by atoms with Gasteiger partial charge in [0.15, 0.2) is 0 Å². The van der Waals surface area contributed by atoms with Crippen molar-refractivity contribution in [2.45, 2.75) is 46.3 Å². The molecule has 1 atom stereocenters. The third-order valence-electron chi connectivity index (χ3n) is 3.36. The Hall–Kier alpha value is -0.800. The zero-order valence-electron chi connectivity index (χ0n) is 12.6. The van der Waals surface area contributed by atoms with E-state index in [-0.39, 0.29) is 0 Å². The molecule has 0 aliphatic rings. The Bertz CT molecular complexity index is 328. The van der Waals surface area contributed by atoms with Gasteiger partial charge in [0.1, 0.15) is 0 Å². The van der Waals surface area contributed by atoms with E-state index in [0.717, 1.165) is 25.6 Å². The molecule has 0 aliphatic heterocycles. The molecule has 1 N–H and O–H groups in total. The summed E-state index contributed by atoms with van der Waals surface area (Å²) >= 11 is 0. The molecule has 0 aromatic carbocycles. The second kappa shape index (κ2) is 7.59. The lowest BCUT2D eigenvalue weighted by molar-refractivity contribution is 0.246. The molecule has 1 heterocycles. The summed E-state index contributed by atoms with van der Waals surface area (Å²) < 4.78 is 2.22. The normalized spacial score (nSPS) is 13.5. The lowest BCUT2D eigenvalue weighted by Gasteiger charge is -2.26. The molecule has 0 fully saturated rings. The Morgan fingerprint density at radius 3 is 2.56 bits per heavy atom. The van der Waals surface area contributed by atoms with E-state index in [9.17, 15) is 0 Å². The molecule has 1 rings (SSSR count). The van der Waals surface area contributed by atoms with E-state index >= 15 is 0 Å². The molecule has 3 heteroatoms. The van der Waals surface area contributed by atoms with Gasteiger partial charge in [-0.2, -0.15) is 0 Å². The number of aryl methyl sites for hydroxylation is 1. The lowest BCUT2D eigenvalue weighted by Crippen LogP contribution is -2.38. The largest absolute Gasteiger partial charge is 0.354 e. The van der Waals surface area contributed by atoms with Crippen LogP contribution in [0.3, 0.4) is 0 Å². The first-order valence-electron chi connectivity index (χ1n) is 7.04. The monoisotopic (exact) mass is 251 g/mol. The van der Waals surface area contributed by atoms with Crippen molar-refractivity contribution >= 4 is 0 Å². The summed E-state index contributed by atoms with van der Waals surface area (Å²) in [6.07, 6.45) is 5.62. The second-order valence-electron chi connectivity index (χ2n) is 5.73. The minimum atomic E-state index is 0.623. The van der Waals surface area contributed by atoms with Gasteiger partial charge in [-0.25, -0.2) is 0 Å². The van der Waals surface area contributed by atoms with Gasteiger partial charge in [0.25, 0.3) is 0 Å². The molecule has 0 amide bonds. The average molecular weight is 251 g/mol. The van der Waals surface area contributed by atoms with Crippen LogP contribution in [-0.4, -0.2) is 36.1 Å². The Labute approximate surface area is 112 Å². The van der Waals surface area contributed by atoms with Gasteiger partial charge in [-0.1, -0.05) is 13.8 Å². The highest BCUT2D eigenvalue weighted by Gasteiger charge is 2.12. The number of nitrogens with zero attached hydrogens (tertiary/aromatic N) is 2. The fraction of sp³-hybridized carbons (Fsp3) is 0.733. The van der Waals surface area contributed by atoms with Crippen molar-refractivity contribution in [2.24, 2.45) is 5.92 Å². The third-order valence-corrected chi connectivity index (χ3v) is 3.36. The van der Waals surface area contributed by atoms with E-state index in [2.05, 4.69) is 68.1 Å². The summed E-state index contributed by atoms with van der Waals surface area (Å²) in [5.41, 5.74) is 1.37. The van der Waals surface area contributed by atoms with Crippen LogP contribution in [0.15, 0.2) is 18.5 Å². The van der Waals surface area contributed by atoms with Crippen LogP contribution >= 0.6 is 0 Å². The van der Waals surface area contributed by atoms with E-state index in [4.69, 9.17) is 0 Å². The van der Waals surface area contributed by atoms with Gasteiger partial charge < -0.3 is 14.8 Å². The van der Waals surface area contributed by atoms with Crippen molar-refractivity contribution in [1.82, 2.24) is 14.8 Å². The van der Waals surface area contributed by atoms with Crippen molar-refractivity contribution in [2.75, 3.05) is 20.6 Å². The Balaban J connectivity index is 2.34. The van der Waals surface area contributed by atoms with E-state index < -0.39 is 0 Å². The van der Waals surface area contributed by atoms with E-state index in [1.165, 1.54) is 12.0 Å². The van der Waals surface area contributed by atoms with Crippen LogP contribution in [0.25, 0.3) is 0 Å². The van der Waals surface area contributed by atoms with Gasteiger partial charge in [-0.15, -0.1) is 0 Å². The maximum absolute atomic E-state index is 3.57. The van der Waals surface area contributed by atoms with Crippen molar-refractivity contribution in [3.05, 3.63) is 24.0 Å². The Morgan fingerprint density at radius 2 is 2.06 bits per heavy atom. The molecule has 3 nitrogen and oxygen atoms in total. The summed E-state index contributed by atoms with van der Waals surface area (Å²) in [5.74, 6) is 0.750. The molecular formula is C15H29N3. The van der Waals surface area contributed by atoms with Crippen molar-refractivity contribution in [3.8, 4) is 0 Å². The highest BCUT2D eigenvalue weighted by atomic mass is 15.1. The molecule has 0 spiro atoms. The molecule has 0 radical (unpaired) electrons. The number of hydrogen-bond donors (Lipinski definition) is 1. The summed E-state index contributed by atoms with van der Waals surface area (Å²) in [6, 6.07) is 2.82. The van der Waals surface area contributed by atoms with Crippen LogP contribution in [0.2, 0.25) is 0 Å². The first-order valence-corrected chi connectivity index (χ1v) is 7.04. The van der Waals surface area contributed by atoms with E-state index in [1.54, 1.807) is 0 Å². The zero-order valence-corrected chi connectivity index (χ0v) is 12.6. The summed E-state index contributed by atoms with van der Waals surface area (Å²) in [4.78, 5) is 2.32. The van der Waals surface area contributed by atoms with Gasteiger partial charge in [-0.05, 0) is 45.0 Å². The maximum atomic E-state index is 3.57. The van der Waals surface area contributed by atoms with Crippen molar-refractivity contribution in [1.29, 1.82) is 0 Å². The molecule has 1 aromatic heterocycles. The van der Waals surface area contributed by atoms with Crippen LogP contribution < -0.4 is 5.32 Å². The summed E-state index contributed by atoms with van der Waals surface area (Å²) in [6.45, 7) is 9.82. The van der Waals surface area contributed by atoms with E-state index in [0.29, 0.717) is 6.04 Å². The van der Waals surface area contributed by atoms with Crippen LogP contribution in [-0.2, 0) is 13.1 Å². The van der Waals surface area contributed by atoms with Gasteiger partial charge in [0.05, 0.1) is 0 Å². The smallest absolute Gasteiger partial charge is 0.0221 e. The SMILES string of the molecule is CCn1ccc(CNCC(CC(C)C)N(C)C)c1. The fourth-order valence-electron chi connectivity index (χ4n) is 2.20. The molecule has 1 aromatic rings. The molecule has 0 aliphatic carbocycles. The summed E-state index contributed by atoms with van der Waals surface area (Å²) in [7, 11) is 4.34. The quantitative estimate of drug-likeness (QED) is 0.766. The van der Waals surface area contributed by atoms with Crippen LogP contribution in [0.4, 0.5) is 0 Å². The number of likely N-dealkylation sites (N-methyl/N-ethyl adjacent to an activating group) is 1. The number of aromatic nitrogens is 1. The average Bonchev–Trinajstić information content (AvgIpc) is 2.75. The number of hydrogen-bond acceptors (Lipinski definition) is 2. The minimum absolute atomic E-state index is 0.623. The minimum Gasteiger partial charge on any atom is -0.354 e. The second-order valence-corrected chi connectivity index (χ2v) is 5.73. The number of rotatable bonds is 8. The van der Waals surface area contributed by atoms with Crippen molar-refractivity contribution < 1.29 is 0 Å². The van der Waals surface area contributed by atoms with Gasteiger partial charge in [0.2, 0.25) is 0 Å². The first-order chi connectivity index (χ1) is 8.52. The third kappa shape index (κ3) is 5.23. The summed E-state index contributed by atoms with van der Waals surface area (Å²) in [5, 5.41) is 3.57. The highest BCUT2D eigenvalue weighted by molar-refractivity contribution is 5.09. The van der Waals surface area contributed by atoms with Crippen LogP contribution in [0, 0.1) is 5.92 Å². The Morgan fingerprint density at radius 1 is 1.33 bits per heavy atom. The van der Waals surface area contributed by atoms with Gasteiger partial charge in [-0.3, -0.25) is 0 Å². The van der Waals surface area contributed by atoms with Crippen molar-refractivity contribution in [3.63, 3.8) is 0 Å². The molecule has 18 heavy (non-hydrogen) atoms. The fourth-order valence-corrected chi connectivity index (χ4v) is 2.20. The lowest BCUT2D eigenvalue weighted by atomic mass is 10.0. The topological polar surface area (TPSA) is 20.2 Å². The van der Waals surface area contributed by atoms with Gasteiger partial charge in [0, 0.05) is 38.1 Å². The van der Waals surface area contributed by atoms with Gasteiger partial charge >= 0.3 is 0 Å². The molecule has 104 valence electrons. The molecule has 0 saturated carbocycles. The molecule has 0 saturated heterocycles. The highest BCUT2D eigenvalue weighted by Crippen LogP contribution is 2.08. The standard InChI is InChI=1S/C15H29N3/c1-6-18-8-7-14(12-18)10-16-11-15(17(4)5)9-13(2)3/h7-8,12-13,15-16H,6,9-11H2,1-5H3. The predicted molar refractivity (Wildman–Crippen MR) is 78.7 cm³/mol. The molecular weight excluding hydrogens is 222 g/mol. The predicted octanol–water partition coefficient (Wildman–Crippen LogP) is 2.57. The van der Waals surface area contributed by atoms with Crippen LogP contribution in [0.1, 0.15) is 32.8 Å².